The highest BCUT2D eigenvalue weighted by Crippen LogP contribution is 2.15. The van der Waals surface area contributed by atoms with E-state index in [1.165, 1.54) is 6.61 Å². The fourth-order valence-corrected chi connectivity index (χ4v) is 0.440. The summed E-state index contributed by atoms with van der Waals surface area (Å²) in [7, 11) is 0. The van der Waals surface area contributed by atoms with E-state index in [9.17, 15) is 4.39 Å². The molecule has 0 spiro atoms. The van der Waals surface area contributed by atoms with E-state index in [0.29, 0.717) is 6.42 Å². The maximum atomic E-state index is 11.7. The van der Waals surface area contributed by atoms with E-state index < -0.39 is 6.36 Å². The molecule has 0 aliphatic carbocycles. The molecule has 0 aromatic carbocycles. The first-order valence-corrected chi connectivity index (χ1v) is 2.01. The molecule has 6 heavy (non-hydrogen) atoms. The van der Waals surface area contributed by atoms with Crippen LogP contribution in [-0.2, 0) is 4.74 Å². The van der Waals surface area contributed by atoms with Crippen LogP contribution in [0.4, 0.5) is 4.39 Å². The molecule has 1 aliphatic rings. The van der Waals surface area contributed by atoms with Crippen molar-refractivity contribution in [2.24, 2.45) is 0 Å². The quantitative estimate of drug-likeness (QED) is 0.434. The number of alkyl halides is 1. The zero-order valence-corrected chi connectivity index (χ0v) is 3.36. The van der Waals surface area contributed by atoms with Gasteiger partial charge >= 0.3 is 0 Å². The van der Waals surface area contributed by atoms with Gasteiger partial charge in [-0.15, -0.1) is 0 Å². The lowest BCUT2D eigenvalue weighted by atomic mass is 10.4. The minimum Gasteiger partial charge on any atom is -0.342 e. The molecular formula is C4H6FO. The van der Waals surface area contributed by atoms with Crippen molar-refractivity contribution in [2.45, 2.75) is 19.2 Å². The predicted molar refractivity (Wildman–Crippen MR) is 19.5 cm³/mol. The van der Waals surface area contributed by atoms with Gasteiger partial charge in [0.05, 0.1) is 6.61 Å². The Labute approximate surface area is 36.1 Å². The summed E-state index contributed by atoms with van der Waals surface area (Å²) in [5.41, 5.74) is 0. The molecule has 2 heteroatoms. The Morgan fingerprint density at radius 1 is 1.83 bits per heavy atom. The van der Waals surface area contributed by atoms with Crippen LogP contribution in [0.3, 0.4) is 0 Å². The second kappa shape index (κ2) is 1.56. The molecular weight excluding hydrogens is 83.0 g/mol. The molecule has 1 heterocycles. The molecule has 1 rings (SSSR count). The number of hydrogen-bond donors (Lipinski definition) is 0. The first kappa shape index (κ1) is 4.06. The lowest BCUT2D eigenvalue weighted by molar-refractivity contribution is 0.0370. The highest BCUT2D eigenvalue weighted by Gasteiger charge is 2.12. The second-order valence-electron chi connectivity index (χ2n) is 1.29. The Balaban J connectivity index is 2.18. The molecule has 1 fully saturated rings. The van der Waals surface area contributed by atoms with Crippen molar-refractivity contribution < 1.29 is 9.13 Å². The molecule has 0 amide bonds. The third kappa shape index (κ3) is 0.684. The number of halogens is 1. The van der Waals surface area contributed by atoms with E-state index in [4.69, 9.17) is 0 Å². The van der Waals surface area contributed by atoms with E-state index in [2.05, 4.69) is 4.74 Å². The van der Waals surface area contributed by atoms with Gasteiger partial charge in [-0.1, -0.05) is 0 Å². The zero-order chi connectivity index (χ0) is 4.41. The average molecular weight is 89.1 g/mol. The standard InChI is InChI=1S/C4H6FO/c5-4-2-1-3-6-4/h3-4H,1-2H2. The minimum absolute atomic E-state index is 0.542. The van der Waals surface area contributed by atoms with E-state index in [1.807, 2.05) is 0 Å². The van der Waals surface area contributed by atoms with Gasteiger partial charge in [0.25, 0.3) is 0 Å². The molecule has 0 N–H and O–H groups in total. The fraction of sp³-hybridized carbons (Fsp3) is 0.750. The SMILES string of the molecule is FC1CC[CH]O1. The molecule has 0 aromatic rings. The summed E-state index contributed by atoms with van der Waals surface area (Å²) in [6, 6.07) is 0. The predicted octanol–water partition coefficient (Wildman–Crippen LogP) is 1.25. The van der Waals surface area contributed by atoms with Crippen LogP contribution in [0.1, 0.15) is 12.8 Å². The molecule has 1 nitrogen and oxygen atoms in total. The van der Waals surface area contributed by atoms with Gasteiger partial charge in [-0.05, 0) is 6.42 Å². The van der Waals surface area contributed by atoms with Crippen LogP contribution in [0.2, 0.25) is 0 Å². The Kier molecular flexibility index (Phi) is 1.05. The van der Waals surface area contributed by atoms with Crippen molar-refractivity contribution in [1.29, 1.82) is 0 Å². The van der Waals surface area contributed by atoms with E-state index in [0.717, 1.165) is 6.42 Å². The lowest BCUT2D eigenvalue weighted by Gasteiger charge is -1.89. The molecule has 35 valence electrons. The van der Waals surface area contributed by atoms with Crippen LogP contribution in [0.15, 0.2) is 0 Å². The van der Waals surface area contributed by atoms with Crippen molar-refractivity contribution in [3.8, 4) is 0 Å². The zero-order valence-electron chi connectivity index (χ0n) is 3.36. The normalized spacial score (nSPS) is 34.5. The summed E-state index contributed by atoms with van der Waals surface area (Å²) in [5, 5.41) is 0. The van der Waals surface area contributed by atoms with Crippen molar-refractivity contribution in [3.05, 3.63) is 6.61 Å². The summed E-state index contributed by atoms with van der Waals surface area (Å²) in [5.74, 6) is 0. The highest BCUT2D eigenvalue weighted by molar-refractivity contribution is 4.61. The third-order valence-electron chi connectivity index (χ3n) is 0.755. The van der Waals surface area contributed by atoms with Gasteiger partial charge in [-0.2, -0.15) is 0 Å². The maximum Gasteiger partial charge on any atom is 0.199 e. The van der Waals surface area contributed by atoms with Crippen molar-refractivity contribution in [2.75, 3.05) is 0 Å². The van der Waals surface area contributed by atoms with Crippen LogP contribution >= 0.6 is 0 Å². The lowest BCUT2D eigenvalue weighted by Crippen LogP contribution is -1.90. The van der Waals surface area contributed by atoms with Crippen LogP contribution in [0, 0.1) is 6.61 Å². The van der Waals surface area contributed by atoms with Gasteiger partial charge in [0, 0.05) is 6.42 Å². The summed E-state index contributed by atoms with van der Waals surface area (Å²) >= 11 is 0. The van der Waals surface area contributed by atoms with Crippen LogP contribution < -0.4 is 0 Å². The largest absolute Gasteiger partial charge is 0.342 e. The first-order valence-electron chi connectivity index (χ1n) is 2.01. The van der Waals surface area contributed by atoms with Crippen molar-refractivity contribution in [3.63, 3.8) is 0 Å². The maximum absolute atomic E-state index is 11.7. The number of rotatable bonds is 0. The Hall–Kier alpha value is -0.110. The molecule has 1 radical (unpaired) electrons. The van der Waals surface area contributed by atoms with Crippen molar-refractivity contribution >= 4 is 0 Å². The molecule has 1 aliphatic heterocycles. The molecule has 0 saturated carbocycles. The van der Waals surface area contributed by atoms with E-state index >= 15 is 0 Å². The molecule has 1 unspecified atom stereocenters. The van der Waals surface area contributed by atoms with Gasteiger partial charge < -0.3 is 4.74 Å². The summed E-state index contributed by atoms with van der Waals surface area (Å²) in [4.78, 5) is 0. The number of ether oxygens (including phenoxy) is 1. The third-order valence-corrected chi connectivity index (χ3v) is 0.755. The Bertz CT molecular complexity index is 40.8. The first-order chi connectivity index (χ1) is 2.89. The second-order valence-corrected chi connectivity index (χ2v) is 1.29. The van der Waals surface area contributed by atoms with Gasteiger partial charge in [-0.3, -0.25) is 0 Å². The van der Waals surface area contributed by atoms with E-state index in [1.54, 1.807) is 0 Å². The van der Waals surface area contributed by atoms with E-state index in [-0.39, 0.29) is 0 Å². The summed E-state index contributed by atoms with van der Waals surface area (Å²) < 4.78 is 16.0. The fourth-order valence-electron chi connectivity index (χ4n) is 0.440. The van der Waals surface area contributed by atoms with Crippen molar-refractivity contribution in [1.82, 2.24) is 0 Å². The minimum atomic E-state index is -1.01. The van der Waals surface area contributed by atoms with Crippen LogP contribution in [-0.4, -0.2) is 6.36 Å². The average Bonchev–Trinajstić information content (AvgIpc) is 1.86. The molecule has 1 atom stereocenters. The summed E-state index contributed by atoms with van der Waals surface area (Å²) in [6.45, 7) is 1.50. The van der Waals surface area contributed by atoms with Crippen LogP contribution in [0.25, 0.3) is 0 Å². The molecule has 0 aromatic heterocycles. The number of hydrogen-bond acceptors (Lipinski definition) is 1. The van der Waals surface area contributed by atoms with Crippen LogP contribution in [0.5, 0.6) is 0 Å². The van der Waals surface area contributed by atoms with Gasteiger partial charge in [0.15, 0.2) is 6.36 Å². The van der Waals surface area contributed by atoms with Gasteiger partial charge in [-0.25, -0.2) is 4.39 Å². The Morgan fingerprint density at radius 3 is 2.83 bits per heavy atom. The topological polar surface area (TPSA) is 9.23 Å². The Morgan fingerprint density at radius 2 is 2.67 bits per heavy atom. The molecule has 0 bridgehead atoms. The smallest absolute Gasteiger partial charge is 0.199 e. The van der Waals surface area contributed by atoms with Gasteiger partial charge in [0.1, 0.15) is 0 Å². The van der Waals surface area contributed by atoms with Gasteiger partial charge in [0.2, 0.25) is 0 Å². The monoisotopic (exact) mass is 89.0 g/mol. The summed E-state index contributed by atoms with van der Waals surface area (Å²) in [6.07, 6.45) is 0.297. The molecule has 1 saturated heterocycles. The highest BCUT2D eigenvalue weighted by atomic mass is 19.1.